The van der Waals surface area contributed by atoms with Crippen LogP contribution in [0, 0.1) is 5.82 Å². The maximum Gasteiger partial charge on any atom is 0.139 e. The normalized spacial score (nSPS) is 10.2. The SMILES string of the molecule is NOCc1cc(F)cc(Cl)c1O. The van der Waals surface area contributed by atoms with E-state index < -0.39 is 5.82 Å². The summed E-state index contributed by atoms with van der Waals surface area (Å²) in [5, 5.41) is 9.17. The van der Waals surface area contributed by atoms with E-state index in [1.165, 1.54) is 0 Å². The molecule has 1 aromatic rings. The first kappa shape index (κ1) is 9.25. The van der Waals surface area contributed by atoms with Crippen LogP contribution in [0.1, 0.15) is 5.56 Å². The number of benzene rings is 1. The summed E-state index contributed by atoms with van der Waals surface area (Å²) in [5.41, 5.74) is 0.225. The van der Waals surface area contributed by atoms with Gasteiger partial charge in [0.05, 0.1) is 11.6 Å². The predicted molar refractivity (Wildman–Crippen MR) is 42.1 cm³/mol. The Morgan fingerprint density at radius 2 is 2.25 bits per heavy atom. The second-order valence-corrected chi connectivity index (χ2v) is 2.61. The summed E-state index contributed by atoms with van der Waals surface area (Å²) >= 11 is 5.47. The zero-order valence-corrected chi connectivity index (χ0v) is 6.81. The standard InChI is InChI=1S/C7H7ClFNO2/c8-6-2-5(9)1-4(3-12-10)7(6)11/h1-2,11H,3,10H2. The van der Waals surface area contributed by atoms with Crippen LogP contribution in [0.4, 0.5) is 4.39 Å². The molecule has 0 spiro atoms. The lowest BCUT2D eigenvalue weighted by molar-refractivity contribution is 0.122. The molecule has 0 fully saturated rings. The number of phenols is 1. The topological polar surface area (TPSA) is 55.5 Å². The molecule has 1 aromatic carbocycles. The average Bonchev–Trinajstić information content (AvgIpc) is 2.00. The summed E-state index contributed by atoms with van der Waals surface area (Å²) in [7, 11) is 0. The molecule has 3 nitrogen and oxygen atoms in total. The molecule has 66 valence electrons. The van der Waals surface area contributed by atoms with Gasteiger partial charge in [0.25, 0.3) is 0 Å². The van der Waals surface area contributed by atoms with Crippen molar-refractivity contribution in [2.45, 2.75) is 6.61 Å². The summed E-state index contributed by atoms with van der Waals surface area (Å²) in [6.07, 6.45) is 0. The Hall–Kier alpha value is -0.840. The van der Waals surface area contributed by atoms with Gasteiger partial charge in [0.1, 0.15) is 11.6 Å². The third-order valence-electron chi connectivity index (χ3n) is 1.35. The van der Waals surface area contributed by atoms with E-state index in [9.17, 15) is 9.50 Å². The van der Waals surface area contributed by atoms with Crippen molar-refractivity contribution in [1.82, 2.24) is 0 Å². The Balaban J connectivity index is 3.09. The number of hydrogen-bond donors (Lipinski definition) is 2. The first-order valence-corrected chi connectivity index (χ1v) is 3.51. The fourth-order valence-electron chi connectivity index (χ4n) is 0.819. The van der Waals surface area contributed by atoms with Gasteiger partial charge >= 0.3 is 0 Å². The number of nitrogens with two attached hydrogens (primary N) is 1. The van der Waals surface area contributed by atoms with Crippen LogP contribution in [0.15, 0.2) is 12.1 Å². The number of rotatable bonds is 2. The molecule has 0 unspecified atom stereocenters. The Morgan fingerprint density at radius 3 is 2.83 bits per heavy atom. The highest BCUT2D eigenvalue weighted by Crippen LogP contribution is 2.28. The second kappa shape index (κ2) is 3.71. The van der Waals surface area contributed by atoms with E-state index in [0.29, 0.717) is 0 Å². The number of halogens is 2. The summed E-state index contributed by atoms with van der Waals surface area (Å²) in [6, 6.07) is 2.12. The van der Waals surface area contributed by atoms with E-state index in [1.807, 2.05) is 0 Å². The molecule has 1 rings (SSSR count). The van der Waals surface area contributed by atoms with E-state index in [2.05, 4.69) is 4.84 Å². The van der Waals surface area contributed by atoms with Gasteiger partial charge < -0.3 is 5.11 Å². The van der Waals surface area contributed by atoms with Crippen molar-refractivity contribution >= 4 is 11.6 Å². The quantitative estimate of drug-likeness (QED) is 0.698. The van der Waals surface area contributed by atoms with Crippen molar-refractivity contribution in [2.75, 3.05) is 0 Å². The molecule has 0 aliphatic rings. The smallest absolute Gasteiger partial charge is 0.139 e. The van der Waals surface area contributed by atoms with Gasteiger partial charge in [0.15, 0.2) is 0 Å². The Labute approximate surface area is 73.5 Å². The van der Waals surface area contributed by atoms with E-state index in [-0.39, 0.29) is 22.9 Å². The molecule has 0 radical (unpaired) electrons. The molecule has 0 heterocycles. The highest BCUT2D eigenvalue weighted by atomic mass is 35.5. The zero-order valence-electron chi connectivity index (χ0n) is 6.05. The molecule has 0 atom stereocenters. The van der Waals surface area contributed by atoms with Gasteiger partial charge in [0, 0.05) is 5.56 Å². The molecule has 12 heavy (non-hydrogen) atoms. The molecule has 3 N–H and O–H groups in total. The highest BCUT2D eigenvalue weighted by Gasteiger charge is 2.07. The van der Waals surface area contributed by atoms with Crippen LogP contribution < -0.4 is 5.90 Å². The van der Waals surface area contributed by atoms with Gasteiger partial charge in [-0.05, 0) is 12.1 Å². The minimum absolute atomic E-state index is 0.0537. The fourth-order valence-corrected chi connectivity index (χ4v) is 1.04. The lowest BCUT2D eigenvalue weighted by atomic mass is 10.2. The molecular formula is C7H7ClFNO2. The van der Waals surface area contributed by atoms with Gasteiger partial charge in [-0.2, -0.15) is 0 Å². The van der Waals surface area contributed by atoms with E-state index in [4.69, 9.17) is 17.5 Å². The maximum absolute atomic E-state index is 12.6. The minimum atomic E-state index is -0.537. The van der Waals surface area contributed by atoms with Crippen LogP contribution in [0.3, 0.4) is 0 Å². The first-order valence-electron chi connectivity index (χ1n) is 3.13. The largest absolute Gasteiger partial charge is 0.506 e. The molecule has 5 heteroatoms. The lowest BCUT2D eigenvalue weighted by Gasteiger charge is -2.04. The zero-order chi connectivity index (χ0) is 9.14. The summed E-state index contributed by atoms with van der Waals surface area (Å²) in [6.45, 7) is -0.0800. The van der Waals surface area contributed by atoms with E-state index in [1.54, 1.807) is 0 Å². The summed E-state index contributed by atoms with van der Waals surface area (Å²) in [5.74, 6) is 4.01. The third kappa shape index (κ3) is 1.85. The Morgan fingerprint density at radius 1 is 1.58 bits per heavy atom. The molecule has 0 amide bonds. The highest BCUT2D eigenvalue weighted by molar-refractivity contribution is 6.32. The van der Waals surface area contributed by atoms with Crippen LogP contribution in [0.2, 0.25) is 5.02 Å². The average molecular weight is 192 g/mol. The van der Waals surface area contributed by atoms with Crippen LogP contribution in [0.5, 0.6) is 5.75 Å². The number of phenolic OH excluding ortho intramolecular Hbond substituents is 1. The Kier molecular flexibility index (Phi) is 2.86. The monoisotopic (exact) mass is 191 g/mol. The molecule has 0 aliphatic carbocycles. The summed E-state index contributed by atoms with van der Waals surface area (Å²) < 4.78 is 12.6. The molecular weight excluding hydrogens is 185 g/mol. The lowest BCUT2D eigenvalue weighted by Crippen LogP contribution is -1.99. The fraction of sp³-hybridized carbons (Fsp3) is 0.143. The van der Waals surface area contributed by atoms with Crippen LogP contribution in [-0.2, 0) is 11.4 Å². The molecule has 0 aliphatic heterocycles. The van der Waals surface area contributed by atoms with Gasteiger partial charge in [-0.1, -0.05) is 11.6 Å². The Bertz CT molecular complexity index is 293. The van der Waals surface area contributed by atoms with Crippen LogP contribution >= 0.6 is 11.6 Å². The van der Waals surface area contributed by atoms with E-state index in [0.717, 1.165) is 12.1 Å². The minimum Gasteiger partial charge on any atom is -0.506 e. The van der Waals surface area contributed by atoms with Crippen molar-refractivity contribution in [3.8, 4) is 5.75 Å². The molecule has 0 saturated carbocycles. The number of aromatic hydroxyl groups is 1. The number of hydrogen-bond acceptors (Lipinski definition) is 3. The van der Waals surface area contributed by atoms with Crippen molar-refractivity contribution in [2.24, 2.45) is 5.90 Å². The van der Waals surface area contributed by atoms with E-state index >= 15 is 0 Å². The molecule has 0 aromatic heterocycles. The van der Waals surface area contributed by atoms with Gasteiger partial charge in [-0.15, -0.1) is 0 Å². The van der Waals surface area contributed by atoms with Crippen LogP contribution in [-0.4, -0.2) is 5.11 Å². The van der Waals surface area contributed by atoms with Crippen molar-refractivity contribution in [1.29, 1.82) is 0 Å². The van der Waals surface area contributed by atoms with Crippen LogP contribution in [0.25, 0.3) is 0 Å². The van der Waals surface area contributed by atoms with Crippen molar-refractivity contribution in [3.63, 3.8) is 0 Å². The second-order valence-electron chi connectivity index (χ2n) is 2.21. The molecule has 0 bridgehead atoms. The van der Waals surface area contributed by atoms with Gasteiger partial charge in [0.2, 0.25) is 0 Å². The van der Waals surface area contributed by atoms with Crippen molar-refractivity contribution < 1.29 is 14.3 Å². The third-order valence-corrected chi connectivity index (χ3v) is 1.63. The molecule has 0 saturated heterocycles. The predicted octanol–water partition coefficient (Wildman–Crippen LogP) is 1.57. The first-order chi connectivity index (χ1) is 5.65. The van der Waals surface area contributed by atoms with Gasteiger partial charge in [-0.25, -0.2) is 10.3 Å². The maximum atomic E-state index is 12.6. The van der Waals surface area contributed by atoms with Gasteiger partial charge in [-0.3, -0.25) is 4.84 Å². The summed E-state index contributed by atoms with van der Waals surface area (Å²) in [4.78, 5) is 4.23. The van der Waals surface area contributed by atoms with Crippen molar-refractivity contribution in [3.05, 3.63) is 28.5 Å².